The molecule has 1 aromatic heterocycles. The lowest BCUT2D eigenvalue weighted by Gasteiger charge is -2.36. The number of unbranched alkanes of at least 4 members (excludes halogenated alkanes) is 1. The van der Waals surface area contributed by atoms with E-state index >= 15 is 0 Å². The van der Waals surface area contributed by atoms with Gasteiger partial charge in [-0.1, -0.05) is 24.3 Å². The van der Waals surface area contributed by atoms with E-state index in [1.165, 1.54) is 45.4 Å². The van der Waals surface area contributed by atoms with E-state index in [4.69, 9.17) is 4.74 Å². The van der Waals surface area contributed by atoms with E-state index in [-0.39, 0.29) is 0 Å². The molecule has 0 N–H and O–H groups in total. The average Bonchev–Trinajstić information content (AvgIpc) is 3.28. The Morgan fingerprint density at radius 2 is 1.84 bits per heavy atom. The van der Waals surface area contributed by atoms with Gasteiger partial charge < -0.3 is 9.64 Å². The zero-order chi connectivity index (χ0) is 21.0. The van der Waals surface area contributed by atoms with Gasteiger partial charge in [0.1, 0.15) is 5.75 Å². The van der Waals surface area contributed by atoms with Gasteiger partial charge in [0.05, 0.1) is 6.61 Å². The second-order valence-corrected chi connectivity index (χ2v) is 9.80. The summed E-state index contributed by atoms with van der Waals surface area (Å²) in [6.07, 6.45) is 5.58. The minimum absolute atomic E-state index is 0.805. The van der Waals surface area contributed by atoms with Crippen molar-refractivity contribution in [3.63, 3.8) is 0 Å². The van der Waals surface area contributed by atoms with Crippen LogP contribution in [0, 0.1) is 0 Å². The maximum absolute atomic E-state index is 6.05. The maximum atomic E-state index is 6.05. The quantitative estimate of drug-likeness (QED) is 0.340. The highest BCUT2D eigenvalue weighted by molar-refractivity contribution is 7.17. The average molecular weight is 433 g/mol. The zero-order valence-electron chi connectivity index (χ0n) is 18.3. The van der Waals surface area contributed by atoms with E-state index in [0.717, 1.165) is 64.2 Å². The minimum atomic E-state index is 0.805. The molecule has 162 valence electrons. The van der Waals surface area contributed by atoms with Crippen LogP contribution in [0.4, 0.5) is 5.69 Å². The van der Waals surface area contributed by atoms with Crippen LogP contribution >= 0.6 is 11.3 Å². The van der Waals surface area contributed by atoms with Crippen LogP contribution in [0.15, 0.2) is 60.0 Å². The Bertz CT molecular complexity index is 1050. The van der Waals surface area contributed by atoms with Gasteiger partial charge in [0.25, 0.3) is 0 Å². The van der Waals surface area contributed by atoms with Gasteiger partial charge in [-0.05, 0) is 85.5 Å². The number of rotatable bonds is 7. The highest BCUT2D eigenvalue weighted by Crippen LogP contribution is 2.31. The van der Waals surface area contributed by atoms with Crippen molar-refractivity contribution in [1.82, 2.24) is 4.90 Å². The molecule has 1 saturated heterocycles. The summed E-state index contributed by atoms with van der Waals surface area (Å²) in [5.74, 6) is 1.02. The van der Waals surface area contributed by atoms with Gasteiger partial charge in [-0.15, -0.1) is 11.3 Å². The van der Waals surface area contributed by atoms with E-state index < -0.39 is 0 Å². The van der Waals surface area contributed by atoms with Crippen molar-refractivity contribution in [2.45, 2.75) is 32.1 Å². The van der Waals surface area contributed by atoms with Gasteiger partial charge in [-0.2, -0.15) is 0 Å². The van der Waals surface area contributed by atoms with E-state index in [1.54, 1.807) is 0 Å². The number of hydrogen-bond donors (Lipinski definition) is 0. The lowest BCUT2D eigenvalue weighted by atomic mass is 9.89. The van der Waals surface area contributed by atoms with E-state index in [2.05, 4.69) is 64.2 Å². The van der Waals surface area contributed by atoms with Gasteiger partial charge in [0.15, 0.2) is 0 Å². The number of benzene rings is 2. The highest BCUT2D eigenvalue weighted by Gasteiger charge is 2.18. The molecule has 1 aliphatic carbocycles. The standard InChI is InChI=1S/C27H32N2OS/c1-21-7-8-22-9-10-24(20-23(22)19-21)30-17-3-2-12-28-13-15-29(16-14-28)26-5-4-6-27-25(26)11-18-31-27/h4-6,9-11,18,20H,1-3,7-8,12-17,19H2. The predicted molar refractivity (Wildman–Crippen MR) is 133 cm³/mol. The van der Waals surface area contributed by atoms with Crippen LogP contribution in [0.1, 0.15) is 30.4 Å². The van der Waals surface area contributed by atoms with Crippen molar-refractivity contribution in [3.8, 4) is 5.75 Å². The molecule has 0 bridgehead atoms. The summed E-state index contributed by atoms with van der Waals surface area (Å²) in [5.41, 5.74) is 5.62. The topological polar surface area (TPSA) is 15.7 Å². The van der Waals surface area contributed by atoms with Gasteiger partial charge in [-0.3, -0.25) is 4.90 Å². The number of piperazine rings is 1. The summed E-state index contributed by atoms with van der Waals surface area (Å²) in [6.45, 7) is 10.7. The van der Waals surface area contributed by atoms with Crippen molar-refractivity contribution >= 4 is 27.1 Å². The fraction of sp³-hybridized carbons (Fsp3) is 0.407. The molecule has 3 aromatic rings. The number of nitrogens with zero attached hydrogens (tertiary/aromatic N) is 2. The highest BCUT2D eigenvalue weighted by atomic mass is 32.1. The SMILES string of the molecule is C=C1CCc2ccc(OCCCCN3CCN(c4cccc5sccc45)CC3)cc2C1. The molecule has 0 spiro atoms. The second-order valence-electron chi connectivity index (χ2n) is 8.85. The lowest BCUT2D eigenvalue weighted by Crippen LogP contribution is -2.46. The normalized spacial score (nSPS) is 17.2. The molecule has 0 radical (unpaired) electrons. The third-order valence-electron chi connectivity index (χ3n) is 6.69. The fourth-order valence-electron chi connectivity index (χ4n) is 4.86. The van der Waals surface area contributed by atoms with E-state index in [9.17, 15) is 0 Å². The maximum Gasteiger partial charge on any atom is 0.119 e. The molecule has 0 amide bonds. The van der Waals surface area contributed by atoms with Crippen molar-refractivity contribution in [3.05, 3.63) is 71.1 Å². The first-order valence-electron chi connectivity index (χ1n) is 11.6. The second kappa shape index (κ2) is 9.46. The molecule has 3 nitrogen and oxygen atoms in total. The number of ether oxygens (including phenoxy) is 1. The Morgan fingerprint density at radius 1 is 0.935 bits per heavy atom. The lowest BCUT2D eigenvalue weighted by molar-refractivity contribution is 0.238. The molecule has 1 fully saturated rings. The number of hydrogen-bond acceptors (Lipinski definition) is 4. The molecular formula is C27H32N2OS. The molecule has 1 aliphatic heterocycles. The summed E-state index contributed by atoms with van der Waals surface area (Å²) in [6, 6.07) is 15.6. The van der Waals surface area contributed by atoms with Crippen LogP contribution in [0.25, 0.3) is 10.1 Å². The molecule has 2 aromatic carbocycles. The molecular weight excluding hydrogens is 400 g/mol. The molecule has 2 aliphatic rings. The Hall–Kier alpha value is -2.30. The summed E-state index contributed by atoms with van der Waals surface area (Å²) < 4.78 is 7.44. The first-order valence-corrected chi connectivity index (χ1v) is 12.5. The van der Waals surface area contributed by atoms with Gasteiger partial charge in [0.2, 0.25) is 0 Å². The molecule has 5 rings (SSSR count). The van der Waals surface area contributed by atoms with E-state index in [1.807, 2.05) is 11.3 Å². The predicted octanol–water partition coefficient (Wildman–Crippen LogP) is 5.93. The van der Waals surface area contributed by atoms with Crippen LogP contribution < -0.4 is 9.64 Å². The number of aryl methyl sites for hydroxylation is 1. The Morgan fingerprint density at radius 3 is 2.74 bits per heavy atom. The smallest absolute Gasteiger partial charge is 0.119 e. The molecule has 2 heterocycles. The van der Waals surface area contributed by atoms with Crippen LogP contribution in [-0.4, -0.2) is 44.2 Å². The summed E-state index contributed by atoms with van der Waals surface area (Å²) in [7, 11) is 0. The van der Waals surface area contributed by atoms with Crippen molar-refractivity contribution < 1.29 is 4.74 Å². The third-order valence-corrected chi connectivity index (χ3v) is 7.57. The third kappa shape index (κ3) is 4.81. The van der Waals surface area contributed by atoms with Crippen LogP contribution in [0.5, 0.6) is 5.75 Å². The summed E-state index contributed by atoms with van der Waals surface area (Å²) in [5, 5.41) is 3.61. The number of fused-ring (bicyclic) bond motifs is 2. The Labute approximate surface area is 189 Å². The van der Waals surface area contributed by atoms with Crippen LogP contribution in [-0.2, 0) is 12.8 Å². The van der Waals surface area contributed by atoms with E-state index in [0.29, 0.717) is 0 Å². The largest absolute Gasteiger partial charge is 0.494 e. The summed E-state index contributed by atoms with van der Waals surface area (Å²) in [4.78, 5) is 5.16. The number of anilines is 1. The van der Waals surface area contributed by atoms with Gasteiger partial charge >= 0.3 is 0 Å². The summed E-state index contributed by atoms with van der Waals surface area (Å²) >= 11 is 1.83. The van der Waals surface area contributed by atoms with Crippen molar-refractivity contribution in [2.24, 2.45) is 0 Å². The Kier molecular flexibility index (Phi) is 6.28. The molecule has 4 heteroatoms. The molecule has 0 unspecified atom stereocenters. The first-order chi connectivity index (χ1) is 15.3. The van der Waals surface area contributed by atoms with Crippen LogP contribution in [0.2, 0.25) is 0 Å². The molecule has 0 atom stereocenters. The van der Waals surface area contributed by atoms with Gasteiger partial charge in [0, 0.05) is 42.0 Å². The Balaban J connectivity index is 1.03. The number of allylic oxidation sites excluding steroid dienone is 1. The zero-order valence-corrected chi connectivity index (χ0v) is 19.1. The van der Waals surface area contributed by atoms with Crippen molar-refractivity contribution in [1.29, 1.82) is 0 Å². The van der Waals surface area contributed by atoms with Crippen molar-refractivity contribution in [2.75, 3.05) is 44.2 Å². The monoisotopic (exact) mass is 432 g/mol. The number of thiophene rings is 1. The first kappa shape index (κ1) is 20.6. The molecule has 31 heavy (non-hydrogen) atoms. The van der Waals surface area contributed by atoms with Crippen LogP contribution in [0.3, 0.4) is 0 Å². The van der Waals surface area contributed by atoms with Gasteiger partial charge in [-0.25, -0.2) is 0 Å². The molecule has 0 saturated carbocycles. The minimum Gasteiger partial charge on any atom is -0.494 e. The fourth-order valence-corrected chi connectivity index (χ4v) is 5.67.